The molecule has 0 aromatic rings. The van der Waals surface area contributed by atoms with Crippen LogP contribution in [-0.4, -0.2) is 29.4 Å². The summed E-state index contributed by atoms with van der Waals surface area (Å²) in [4.78, 5) is 14.0. The SMILES string of the molecule is CCC1(C)CCN(C(=O)CCC(C)(C)N)CC1. The molecule has 2 N–H and O–H groups in total. The molecule has 0 saturated carbocycles. The highest BCUT2D eigenvalue weighted by Crippen LogP contribution is 2.34. The second-order valence-corrected chi connectivity index (χ2v) is 6.53. The highest BCUT2D eigenvalue weighted by molar-refractivity contribution is 5.76. The molecule has 3 heteroatoms. The van der Waals surface area contributed by atoms with Crippen molar-refractivity contribution in [1.29, 1.82) is 0 Å². The molecule has 1 amide bonds. The molecule has 3 nitrogen and oxygen atoms in total. The Kier molecular flexibility index (Phi) is 4.59. The van der Waals surface area contributed by atoms with E-state index in [2.05, 4.69) is 13.8 Å². The monoisotopic (exact) mass is 240 g/mol. The summed E-state index contributed by atoms with van der Waals surface area (Å²) in [6.07, 6.45) is 4.85. The number of amides is 1. The van der Waals surface area contributed by atoms with Gasteiger partial charge in [0.2, 0.25) is 5.91 Å². The Labute approximate surface area is 106 Å². The molecule has 0 atom stereocenters. The summed E-state index contributed by atoms with van der Waals surface area (Å²) in [7, 11) is 0. The average molecular weight is 240 g/mol. The lowest BCUT2D eigenvalue weighted by Gasteiger charge is -2.39. The molecule has 17 heavy (non-hydrogen) atoms. The Balaban J connectivity index is 2.36. The molecule has 0 aromatic carbocycles. The zero-order valence-corrected chi connectivity index (χ0v) is 11.9. The fraction of sp³-hybridized carbons (Fsp3) is 0.929. The van der Waals surface area contributed by atoms with E-state index in [0.29, 0.717) is 11.8 Å². The van der Waals surface area contributed by atoms with Gasteiger partial charge in [-0.2, -0.15) is 0 Å². The third-order valence-electron chi connectivity index (χ3n) is 4.16. The van der Waals surface area contributed by atoms with Gasteiger partial charge in [-0.25, -0.2) is 0 Å². The van der Waals surface area contributed by atoms with Crippen LogP contribution >= 0.6 is 0 Å². The molecular weight excluding hydrogens is 212 g/mol. The Morgan fingerprint density at radius 2 is 1.88 bits per heavy atom. The predicted molar refractivity (Wildman–Crippen MR) is 71.7 cm³/mol. The van der Waals surface area contributed by atoms with Gasteiger partial charge >= 0.3 is 0 Å². The van der Waals surface area contributed by atoms with Gasteiger partial charge in [0.15, 0.2) is 0 Å². The third kappa shape index (κ3) is 4.66. The quantitative estimate of drug-likeness (QED) is 0.821. The molecule has 1 rings (SSSR count). The number of likely N-dealkylation sites (tertiary alicyclic amines) is 1. The Bertz CT molecular complexity index is 260. The van der Waals surface area contributed by atoms with Crippen molar-refractivity contribution < 1.29 is 4.79 Å². The smallest absolute Gasteiger partial charge is 0.222 e. The Hall–Kier alpha value is -0.570. The topological polar surface area (TPSA) is 46.3 Å². The first-order valence-corrected chi connectivity index (χ1v) is 6.82. The van der Waals surface area contributed by atoms with Crippen molar-refractivity contribution in [3.63, 3.8) is 0 Å². The maximum Gasteiger partial charge on any atom is 0.222 e. The molecule has 0 aliphatic carbocycles. The number of rotatable bonds is 4. The highest BCUT2D eigenvalue weighted by Gasteiger charge is 2.30. The van der Waals surface area contributed by atoms with Crippen LogP contribution in [0.2, 0.25) is 0 Å². The molecule has 0 aromatic heterocycles. The number of carbonyl (C=O) groups is 1. The molecule has 1 saturated heterocycles. The number of piperidine rings is 1. The van der Waals surface area contributed by atoms with Gasteiger partial charge in [-0.3, -0.25) is 4.79 Å². The number of carbonyl (C=O) groups excluding carboxylic acids is 1. The number of hydrogen-bond donors (Lipinski definition) is 1. The first kappa shape index (κ1) is 14.5. The Morgan fingerprint density at radius 1 is 1.35 bits per heavy atom. The summed E-state index contributed by atoms with van der Waals surface area (Å²) >= 11 is 0. The van der Waals surface area contributed by atoms with Crippen LogP contribution in [0, 0.1) is 5.41 Å². The first-order chi connectivity index (χ1) is 7.76. The molecule has 0 spiro atoms. The lowest BCUT2D eigenvalue weighted by Crippen LogP contribution is -2.43. The molecule has 1 heterocycles. The summed E-state index contributed by atoms with van der Waals surface area (Å²) in [5.41, 5.74) is 6.12. The minimum absolute atomic E-state index is 0.233. The summed E-state index contributed by atoms with van der Waals surface area (Å²) < 4.78 is 0. The van der Waals surface area contributed by atoms with Crippen LogP contribution in [0.3, 0.4) is 0 Å². The molecule has 0 unspecified atom stereocenters. The summed E-state index contributed by atoms with van der Waals surface area (Å²) in [5.74, 6) is 0.279. The Morgan fingerprint density at radius 3 is 2.29 bits per heavy atom. The summed E-state index contributed by atoms with van der Waals surface area (Å²) in [5, 5.41) is 0. The van der Waals surface area contributed by atoms with Gasteiger partial charge in [-0.1, -0.05) is 20.3 Å². The van der Waals surface area contributed by atoms with E-state index in [1.807, 2.05) is 18.7 Å². The van der Waals surface area contributed by atoms with Crippen LogP contribution in [0.5, 0.6) is 0 Å². The van der Waals surface area contributed by atoms with Crippen molar-refractivity contribution in [3.05, 3.63) is 0 Å². The maximum absolute atomic E-state index is 12.0. The minimum atomic E-state index is -0.233. The van der Waals surface area contributed by atoms with Crippen molar-refractivity contribution in [2.24, 2.45) is 11.1 Å². The summed E-state index contributed by atoms with van der Waals surface area (Å²) in [6, 6.07) is 0. The molecular formula is C14H28N2O. The van der Waals surface area contributed by atoms with E-state index in [4.69, 9.17) is 5.73 Å². The lowest BCUT2D eigenvalue weighted by atomic mass is 9.78. The second-order valence-electron chi connectivity index (χ2n) is 6.53. The van der Waals surface area contributed by atoms with E-state index < -0.39 is 0 Å². The number of nitrogens with zero attached hydrogens (tertiary/aromatic N) is 1. The van der Waals surface area contributed by atoms with Gasteiger partial charge in [0.1, 0.15) is 0 Å². The van der Waals surface area contributed by atoms with Crippen molar-refractivity contribution in [3.8, 4) is 0 Å². The van der Waals surface area contributed by atoms with E-state index in [0.717, 1.165) is 32.4 Å². The predicted octanol–water partition coefficient (Wildman–Crippen LogP) is 2.54. The largest absolute Gasteiger partial charge is 0.343 e. The molecule has 100 valence electrons. The lowest BCUT2D eigenvalue weighted by molar-refractivity contribution is -0.133. The van der Waals surface area contributed by atoms with Gasteiger partial charge < -0.3 is 10.6 Å². The van der Waals surface area contributed by atoms with Crippen LogP contribution in [0.25, 0.3) is 0 Å². The van der Waals surface area contributed by atoms with Crippen molar-refractivity contribution in [2.45, 2.75) is 65.3 Å². The van der Waals surface area contributed by atoms with Crippen molar-refractivity contribution in [1.82, 2.24) is 4.90 Å². The minimum Gasteiger partial charge on any atom is -0.343 e. The molecule has 0 bridgehead atoms. The van der Waals surface area contributed by atoms with Crippen molar-refractivity contribution >= 4 is 5.91 Å². The van der Waals surface area contributed by atoms with Crippen LogP contribution in [0.15, 0.2) is 0 Å². The van der Waals surface area contributed by atoms with Crippen LogP contribution in [0.1, 0.15) is 59.8 Å². The normalized spacial score (nSPS) is 20.4. The maximum atomic E-state index is 12.0. The van der Waals surface area contributed by atoms with E-state index in [1.165, 1.54) is 6.42 Å². The fourth-order valence-electron chi connectivity index (χ4n) is 2.24. The van der Waals surface area contributed by atoms with Crippen LogP contribution in [0.4, 0.5) is 0 Å². The fourth-order valence-corrected chi connectivity index (χ4v) is 2.24. The van der Waals surface area contributed by atoms with E-state index in [-0.39, 0.29) is 11.4 Å². The highest BCUT2D eigenvalue weighted by atomic mass is 16.2. The van der Waals surface area contributed by atoms with E-state index >= 15 is 0 Å². The summed E-state index contributed by atoms with van der Waals surface area (Å²) in [6.45, 7) is 10.4. The van der Waals surface area contributed by atoms with Gasteiger partial charge in [0, 0.05) is 25.0 Å². The van der Waals surface area contributed by atoms with Gasteiger partial charge in [-0.15, -0.1) is 0 Å². The van der Waals surface area contributed by atoms with Crippen LogP contribution < -0.4 is 5.73 Å². The molecule has 1 aliphatic rings. The molecule has 0 radical (unpaired) electrons. The second kappa shape index (κ2) is 5.38. The molecule has 1 fully saturated rings. The average Bonchev–Trinajstić information content (AvgIpc) is 2.26. The third-order valence-corrected chi connectivity index (χ3v) is 4.16. The van der Waals surface area contributed by atoms with Gasteiger partial charge in [-0.05, 0) is 38.5 Å². The number of nitrogens with two attached hydrogens (primary N) is 1. The molecule has 1 aliphatic heterocycles. The van der Waals surface area contributed by atoms with Gasteiger partial charge in [0.25, 0.3) is 0 Å². The number of hydrogen-bond acceptors (Lipinski definition) is 2. The zero-order valence-electron chi connectivity index (χ0n) is 11.9. The first-order valence-electron chi connectivity index (χ1n) is 6.82. The van der Waals surface area contributed by atoms with Crippen LogP contribution in [-0.2, 0) is 4.79 Å². The van der Waals surface area contributed by atoms with E-state index in [1.54, 1.807) is 0 Å². The standard InChI is InChI=1S/C14H28N2O/c1-5-14(4)8-10-16(11-9-14)12(17)6-7-13(2,3)15/h5-11,15H2,1-4H3. The zero-order chi connectivity index (χ0) is 13.1. The van der Waals surface area contributed by atoms with E-state index in [9.17, 15) is 4.79 Å². The van der Waals surface area contributed by atoms with Crippen molar-refractivity contribution in [2.75, 3.05) is 13.1 Å². The van der Waals surface area contributed by atoms with Gasteiger partial charge in [0.05, 0.1) is 0 Å².